The fraction of sp³-hybridized carbons (Fsp3) is 0.773. The normalized spacial score (nSPS) is 49.1. The van der Waals surface area contributed by atoms with Crippen LogP contribution in [0.4, 0.5) is 0 Å². The van der Waals surface area contributed by atoms with Crippen LogP contribution in [-0.4, -0.2) is 33.4 Å². The van der Waals surface area contributed by atoms with Crippen LogP contribution in [0.5, 0.6) is 0 Å². The molecule has 0 amide bonds. The van der Waals surface area contributed by atoms with Crippen molar-refractivity contribution in [1.29, 1.82) is 0 Å². The van der Waals surface area contributed by atoms with Crippen LogP contribution in [0.25, 0.3) is 0 Å². The Hall–Kier alpha value is -0.810. The average molecular weight is 437 g/mol. The molecule has 0 radical (unpaired) electrons. The predicted molar refractivity (Wildman–Crippen MR) is 105 cm³/mol. The first kappa shape index (κ1) is 19.5. The molecule has 0 heterocycles. The first-order chi connectivity index (χ1) is 12.6. The van der Waals surface area contributed by atoms with Crippen molar-refractivity contribution in [3.8, 4) is 0 Å². The third-order valence-electron chi connectivity index (χ3n) is 9.22. The molecule has 0 aliphatic heterocycles. The topological polar surface area (TPSA) is 71.4 Å². The van der Waals surface area contributed by atoms with Crippen LogP contribution in [0.3, 0.4) is 0 Å². The molecule has 4 aliphatic rings. The van der Waals surface area contributed by atoms with Gasteiger partial charge in [0, 0.05) is 16.7 Å². The molecule has 0 saturated heterocycles. The molecule has 0 aromatic heterocycles. The summed E-state index contributed by atoms with van der Waals surface area (Å²) in [5.74, 6) is 0.0462. The van der Waals surface area contributed by atoms with Crippen LogP contribution >= 0.6 is 15.9 Å². The summed E-state index contributed by atoms with van der Waals surface area (Å²) < 4.78 is 0. The molecule has 7 atom stereocenters. The lowest BCUT2D eigenvalue weighted by Gasteiger charge is -2.60. The van der Waals surface area contributed by atoms with Gasteiger partial charge in [0.05, 0.1) is 5.33 Å². The van der Waals surface area contributed by atoms with E-state index < -0.39 is 11.0 Å². The molecule has 4 aliphatic carbocycles. The number of hydrogen-bond acceptors (Lipinski definition) is 4. The maximum atomic E-state index is 12.6. The number of aliphatic hydroxyl groups is 1. The van der Waals surface area contributed by atoms with E-state index in [1.54, 1.807) is 6.08 Å². The van der Waals surface area contributed by atoms with Crippen LogP contribution in [0, 0.1) is 34.5 Å². The zero-order chi connectivity index (χ0) is 19.8. The average Bonchev–Trinajstić information content (AvgIpc) is 2.93. The van der Waals surface area contributed by atoms with Gasteiger partial charge in [-0.2, -0.15) is 0 Å². The number of fused-ring (bicyclic) bond motifs is 5. The zero-order valence-electron chi connectivity index (χ0n) is 16.4. The highest BCUT2D eigenvalue weighted by Gasteiger charge is 2.67. The summed E-state index contributed by atoms with van der Waals surface area (Å²) in [7, 11) is 0. The fourth-order valence-electron chi connectivity index (χ4n) is 7.39. The van der Waals surface area contributed by atoms with E-state index in [-0.39, 0.29) is 34.0 Å². The number of rotatable bonds is 2. The van der Waals surface area contributed by atoms with Gasteiger partial charge < -0.3 is 5.11 Å². The van der Waals surface area contributed by atoms with Crippen LogP contribution < -0.4 is 0 Å². The number of hydrogen-bond donors (Lipinski definition) is 1. The third-order valence-corrected chi connectivity index (χ3v) is 9.73. The van der Waals surface area contributed by atoms with Crippen LogP contribution in [0.15, 0.2) is 11.6 Å². The van der Waals surface area contributed by atoms with Crippen LogP contribution in [-0.2, 0) is 14.4 Å². The monoisotopic (exact) mass is 436 g/mol. The molecule has 148 valence electrons. The lowest BCUT2D eigenvalue weighted by Crippen LogP contribution is -2.59. The van der Waals surface area contributed by atoms with Crippen molar-refractivity contribution in [3.05, 3.63) is 11.6 Å². The number of Topliss-reactive ketones (excluding diaryl/α,β-unsaturated/α-hetero) is 2. The number of ketones is 3. The molecule has 5 heteroatoms. The standard InChI is InChI=1S/C22H29BrO4/c1-12-19(26)17(24)10-13-4-5-14-15-7-9-22(27,18(25)11-23)20(15,2)8-6-16(14)21(12,13)3/h10,12,14-16,27H,4-9,11H2,1-3H3/t12?,14-,15-,16-,20-,21-,22-/m0/s1. The van der Waals surface area contributed by atoms with Crippen molar-refractivity contribution >= 4 is 33.3 Å². The molecule has 0 spiro atoms. The lowest BCUT2D eigenvalue weighted by atomic mass is 9.44. The Bertz CT molecular complexity index is 757. The van der Waals surface area contributed by atoms with Gasteiger partial charge in [0.2, 0.25) is 11.6 Å². The molecule has 0 aromatic carbocycles. The van der Waals surface area contributed by atoms with Crippen molar-refractivity contribution in [1.82, 2.24) is 0 Å². The second-order valence-corrected chi connectivity index (χ2v) is 10.3. The summed E-state index contributed by atoms with van der Waals surface area (Å²) >= 11 is 3.26. The fourth-order valence-corrected chi connectivity index (χ4v) is 7.85. The summed E-state index contributed by atoms with van der Waals surface area (Å²) in [6, 6.07) is 0. The van der Waals surface area contributed by atoms with Gasteiger partial charge in [-0.3, -0.25) is 14.4 Å². The van der Waals surface area contributed by atoms with Gasteiger partial charge in [-0.05, 0) is 62.4 Å². The number of halogens is 1. The lowest BCUT2D eigenvalue weighted by molar-refractivity contribution is -0.162. The van der Waals surface area contributed by atoms with Gasteiger partial charge in [0.15, 0.2) is 5.78 Å². The second kappa shape index (κ2) is 6.09. The Morgan fingerprint density at radius 2 is 1.85 bits per heavy atom. The Morgan fingerprint density at radius 1 is 1.19 bits per heavy atom. The molecule has 4 nitrogen and oxygen atoms in total. The van der Waals surface area contributed by atoms with E-state index in [1.807, 2.05) is 6.92 Å². The van der Waals surface area contributed by atoms with Crippen LogP contribution in [0.1, 0.15) is 59.3 Å². The molecule has 27 heavy (non-hydrogen) atoms. The highest BCUT2D eigenvalue weighted by molar-refractivity contribution is 9.09. The van der Waals surface area contributed by atoms with Crippen molar-refractivity contribution in [2.75, 3.05) is 5.33 Å². The van der Waals surface area contributed by atoms with E-state index in [9.17, 15) is 19.5 Å². The third kappa shape index (κ3) is 2.27. The van der Waals surface area contributed by atoms with Crippen molar-refractivity contribution in [2.24, 2.45) is 34.5 Å². The van der Waals surface area contributed by atoms with Crippen LogP contribution in [0.2, 0.25) is 0 Å². The highest BCUT2D eigenvalue weighted by atomic mass is 79.9. The molecule has 4 rings (SSSR count). The summed E-state index contributed by atoms with van der Waals surface area (Å²) in [6.45, 7) is 6.20. The van der Waals surface area contributed by atoms with Gasteiger partial charge in [0.1, 0.15) is 5.60 Å². The van der Waals surface area contributed by atoms with Gasteiger partial charge >= 0.3 is 0 Å². The summed E-state index contributed by atoms with van der Waals surface area (Å²) in [5.41, 5.74) is -0.758. The number of carbonyl (C=O) groups is 3. The van der Waals surface area contributed by atoms with E-state index in [2.05, 4.69) is 29.8 Å². The van der Waals surface area contributed by atoms with Crippen molar-refractivity contribution < 1.29 is 19.5 Å². The molecule has 1 N–H and O–H groups in total. The molecular formula is C22H29BrO4. The van der Waals surface area contributed by atoms with Gasteiger partial charge in [-0.1, -0.05) is 42.3 Å². The largest absolute Gasteiger partial charge is 0.381 e. The maximum absolute atomic E-state index is 12.6. The summed E-state index contributed by atoms with van der Waals surface area (Å²) in [5, 5.41) is 11.5. The minimum Gasteiger partial charge on any atom is -0.381 e. The minimum absolute atomic E-state index is 0.0969. The number of carbonyl (C=O) groups excluding carboxylic acids is 3. The van der Waals surface area contributed by atoms with E-state index in [4.69, 9.17) is 0 Å². The molecule has 1 unspecified atom stereocenters. The molecule has 3 saturated carbocycles. The van der Waals surface area contributed by atoms with Crippen molar-refractivity contribution in [3.63, 3.8) is 0 Å². The highest BCUT2D eigenvalue weighted by Crippen LogP contribution is 2.68. The van der Waals surface area contributed by atoms with E-state index in [1.165, 1.54) is 0 Å². The van der Waals surface area contributed by atoms with Crippen molar-refractivity contribution in [2.45, 2.75) is 64.9 Å². The number of allylic oxidation sites excluding steroid dienone is 1. The SMILES string of the molecule is CC1C(=O)C(=O)C=C2CC[C@H]3[C@@H]4CC[C@](O)(C(=O)CBr)[C@@]4(C)CC[C@@H]3[C@]21C. The molecule has 0 bridgehead atoms. The Labute approximate surface area is 169 Å². The predicted octanol–water partition coefficient (Wildman–Crippen LogP) is 3.64. The van der Waals surface area contributed by atoms with Gasteiger partial charge in [-0.25, -0.2) is 0 Å². The van der Waals surface area contributed by atoms with E-state index in [0.717, 1.165) is 37.7 Å². The number of alkyl halides is 1. The smallest absolute Gasteiger partial charge is 0.221 e. The molecular weight excluding hydrogens is 408 g/mol. The zero-order valence-corrected chi connectivity index (χ0v) is 18.0. The summed E-state index contributed by atoms with van der Waals surface area (Å²) in [6.07, 6.45) is 6.54. The Balaban J connectivity index is 1.73. The van der Waals surface area contributed by atoms with Gasteiger partial charge in [-0.15, -0.1) is 0 Å². The molecule has 0 aromatic rings. The quantitative estimate of drug-likeness (QED) is 0.529. The molecule has 3 fully saturated rings. The first-order valence-electron chi connectivity index (χ1n) is 10.2. The first-order valence-corrected chi connectivity index (χ1v) is 11.3. The Kier molecular flexibility index (Phi) is 4.40. The second-order valence-electron chi connectivity index (χ2n) is 9.73. The Morgan fingerprint density at radius 3 is 2.52 bits per heavy atom. The maximum Gasteiger partial charge on any atom is 0.221 e. The van der Waals surface area contributed by atoms with Gasteiger partial charge in [0.25, 0.3) is 0 Å². The summed E-state index contributed by atoms with van der Waals surface area (Å²) in [4.78, 5) is 37.2. The minimum atomic E-state index is -1.24. The van der Waals surface area contributed by atoms with E-state index >= 15 is 0 Å². The van der Waals surface area contributed by atoms with E-state index in [0.29, 0.717) is 24.2 Å².